The van der Waals surface area contributed by atoms with Gasteiger partial charge in [0.2, 0.25) is 0 Å². The number of fused-ring (bicyclic) bond motifs is 3. The maximum absolute atomic E-state index is 11.3. The van der Waals surface area contributed by atoms with Gasteiger partial charge in [0, 0.05) is 17.7 Å². The van der Waals surface area contributed by atoms with E-state index >= 15 is 0 Å². The van der Waals surface area contributed by atoms with Crippen LogP contribution in [0.15, 0.2) is 42.5 Å². The predicted octanol–water partition coefficient (Wildman–Crippen LogP) is 5.69. The van der Waals surface area contributed by atoms with Crippen LogP contribution in [-0.4, -0.2) is 4.92 Å². The number of nitro groups is 1. The molecule has 0 amide bonds. The third-order valence-corrected chi connectivity index (χ3v) is 5.91. The average Bonchev–Trinajstić information content (AvgIpc) is 3.07. The lowest BCUT2D eigenvalue weighted by molar-refractivity contribution is -0.384. The number of rotatable bonds is 2. The first-order valence-electron chi connectivity index (χ1n) is 8.44. The Balaban J connectivity index is 1.83. The van der Waals surface area contributed by atoms with Crippen molar-refractivity contribution < 1.29 is 4.92 Å². The predicted molar refractivity (Wildman–Crippen MR) is 100 cm³/mol. The van der Waals surface area contributed by atoms with Crippen molar-refractivity contribution in [3.05, 3.63) is 79.9 Å². The van der Waals surface area contributed by atoms with Crippen LogP contribution in [0.4, 0.5) is 11.4 Å². The highest BCUT2D eigenvalue weighted by molar-refractivity contribution is 6.32. The Hall–Kier alpha value is -2.33. The molecule has 1 aliphatic heterocycles. The SMILES string of the molecule is Cc1ccc2c(c1C)N[C@H](c1ccc(Cl)c([N+](=O)[O-])c1)[C@@H]1CC=C[C@@H]21. The number of halogens is 1. The number of nitro benzene ring substituents is 1. The summed E-state index contributed by atoms with van der Waals surface area (Å²) in [5.74, 6) is 0.700. The summed E-state index contributed by atoms with van der Waals surface area (Å²) in [7, 11) is 0. The van der Waals surface area contributed by atoms with Gasteiger partial charge in [-0.1, -0.05) is 42.0 Å². The summed E-state index contributed by atoms with van der Waals surface area (Å²) < 4.78 is 0. The second kappa shape index (κ2) is 5.88. The lowest BCUT2D eigenvalue weighted by Crippen LogP contribution is -2.29. The van der Waals surface area contributed by atoms with E-state index in [4.69, 9.17) is 11.6 Å². The van der Waals surface area contributed by atoms with E-state index in [2.05, 4.69) is 43.4 Å². The lowest BCUT2D eigenvalue weighted by Gasteiger charge is -2.38. The van der Waals surface area contributed by atoms with E-state index in [1.54, 1.807) is 12.1 Å². The van der Waals surface area contributed by atoms with E-state index in [9.17, 15) is 10.1 Å². The van der Waals surface area contributed by atoms with Gasteiger partial charge in [0.1, 0.15) is 5.02 Å². The fraction of sp³-hybridized carbons (Fsp3) is 0.300. The summed E-state index contributed by atoms with van der Waals surface area (Å²) in [6.07, 6.45) is 5.46. The summed E-state index contributed by atoms with van der Waals surface area (Å²) in [5.41, 5.74) is 5.85. The Morgan fingerprint density at radius 1 is 1.24 bits per heavy atom. The molecule has 128 valence electrons. The van der Waals surface area contributed by atoms with E-state index in [1.807, 2.05) is 6.07 Å². The van der Waals surface area contributed by atoms with Gasteiger partial charge < -0.3 is 5.32 Å². The van der Waals surface area contributed by atoms with Crippen molar-refractivity contribution in [2.75, 3.05) is 5.32 Å². The zero-order chi connectivity index (χ0) is 17.7. The zero-order valence-corrected chi connectivity index (χ0v) is 14.9. The molecule has 2 aromatic rings. The molecule has 0 unspecified atom stereocenters. The van der Waals surface area contributed by atoms with Crippen LogP contribution in [0.3, 0.4) is 0 Å². The first-order chi connectivity index (χ1) is 12.0. The van der Waals surface area contributed by atoms with Gasteiger partial charge in [-0.05, 0) is 54.5 Å². The number of hydrogen-bond donors (Lipinski definition) is 1. The van der Waals surface area contributed by atoms with Gasteiger partial charge in [0.15, 0.2) is 0 Å². The molecule has 4 nitrogen and oxygen atoms in total. The van der Waals surface area contributed by atoms with Crippen molar-refractivity contribution in [3.63, 3.8) is 0 Å². The first-order valence-corrected chi connectivity index (χ1v) is 8.82. The molecule has 3 atom stereocenters. The molecule has 0 aromatic heterocycles. The van der Waals surface area contributed by atoms with E-state index in [-0.39, 0.29) is 16.8 Å². The zero-order valence-electron chi connectivity index (χ0n) is 14.1. The molecule has 1 aliphatic carbocycles. The monoisotopic (exact) mass is 354 g/mol. The molecule has 0 spiro atoms. The Labute approximate surface area is 151 Å². The molecule has 0 fully saturated rings. The van der Waals surface area contributed by atoms with E-state index in [0.717, 1.165) is 17.7 Å². The van der Waals surface area contributed by atoms with Crippen molar-refractivity contribution in [1.29, 1.82) is 0 Å². The quantitative estimate of drug-likeness (QED) is 0.428. The maximum atomic E-state index is 11.3. The molecule has 2 aromatic carbocycles. The van der Waals surface area contributed by atoms with Gasteiger partial charge in [-0.3, -0.25) is 10.1 Å². The molecule has 0 radical (unpaired) electrons. The molecule has 4 rings (SSSR count). The number of nitrogens with zero attached hydrogens (tertiary/aromatic N) is 1. The Bertz CT molecular complexity index is 907. The standard InChI is InChI=1S/C20H19ClN2O2/c1-11-6-8-16-14-4-3-5-15(14)20(22-19(16)12(11)2)13-7-9-17(21)18(10-13)23(24)25/h3-4,6-10,14-15,20,22H,5H2,1-2H3/t14-,15-,20-/m1/s1. The van der Waals surface area contributed by atoms with Crippen molar-refractivity contribution in [2.45, 2.75) is 32.2 Å². The molecule has 25 heavy (non-hydrogen) atoms. The number of allylic oxidation sites excluding steroid dienone is 2. The second-order valence-corrected chi connectivity index (χ2v) is 7.32. The minimum atomic E-state index is -0.414. The molecule has 0 saturated carbocycles. The smallest absolute Gasteiger partial charge is 0.288 e. The van der Waals surface area contributed by atoms with Gasteiger partial charge in [-0.2, -0.15) is 0 Å². The minimum Gasteiger partial charge on any atom is -0.377 e. The number of hydrogen-bond acceptors (Lipinski definition) is 3. The van der Waals surface area contributed by atoms with Crippen LogP contribution in [-0.2, 0) is 0 Å². The highest BCUT2D eigenvalue weighted by atomic mass is 35.5. The van der Waals surface area contributed by atoms with E-state index in [0.29, 0.717) is 11.8 Å². The van der Waals surface area contributed by atoms with Gasteiger partial charge in [0.25, 0.3) is 5.69 Å². The summed E-state index contributed by atoms with van der Waals surface area (Å²) in [6.45, 7) is 4.23. The Morgan fingerprint density at radius 3 is 2.80 bits per heavy atom. The summed E-state index contributed by atoms with van der Waals surface area (Å²) in [4.78, 5) is 10.9. The van der Waals surface area contributed by atoms with Crippen LogP contribution in [0, 0.1) is 29.9 Å². The highest BCUT2D eigenvalue weighted by Gasteiger charge is 2.39. The third-order valence-electron chi connectivity index (χ3n) is 5.59. The van der Waals surface area contributed by atoms with Crippen LogP contribution in [0.2, 0.25) is 5.02 Å². The van der Waals surface area contributed by atoms with E-state index < -0.39 is 4.92 Å². The molecule has 0 bridgehead atoms. The Morgan fingerprint density at radius 2 is 2.04 bits per heavy atom. The van der Waals surface area contributed by atoms with Crippen LogP contribution in [0.1, 0.15) is 40.6 Å². The summed E-state index contributed by atoms with van der Waals surface area (Å²) in [5, 5.41) is 15.1. The fourth-order valence-corrected chi connectivity index (χ4v) is 4.30. The largest absolute Gasteiger partial charge is 0.377 e. The first kappa shape index (κ1) is 16.2. The molecule has 5 heteroatoms. The summed E-state index contributed by atoms with van der Waals surface area (Å²) in [6, 6.07) is 9.56. The topological polar surface area (TPSA) is 55.2 Å². The van der Waals surface area contributed by atoms with Crippen molar-refractivity contribution in [3.8, 4) is 0 Å². The average molecular weight is 355 g/mol. The number of aryl methyl sites for hydroxylation is 1. The van der Waals surface area contributed by atoms with Gasteiger partial charge >= 0.3 is 0 Å². The number of anilines is 1. The van der Waals surface area contributed by atoms with Gasteiger partial charge in [0.05, 0.1) is 11.0 Å². The van der Waals surface area contributed by atoms with Crippen molar-refractivity contribution in [1.82, 2.24) is 0 Å². The minimum absolute atomic E-state index is 0.0315. The van der Waals surface area contributed by atoms with Crippen molar-refractivity contribution >= 4 is 23.0 Å². The molecule has 2 aliphatic rings. The third kappa shape index (κ3) is 2.52. The van der Waals surface area contributed by atoms with Gasteiger partial charge in [-0.25, -0.2) is 0 Å². The molecular weight excluding hydrogens is 336 g/mol. The molecule has 1 N–H and O–H groups in total. The maximum Gasteiger partial charge on any atom is 0.288 e. The van der Waals surface area contributed by atoms with Crippen LogP contribution in [0.25, 0.3) is 0 Å². The molecule has 1 heterocycles. The second-order valence-electron chi connectivity index (χ2n) is 6.92. The fourth-order valence-electron chi connectivity index (χ4n) is 4.11. The normalized spacial score (nSPS) is 23.7. The highest BCUT2D eigenvalue weighted by Crippen LogP contribution is 2.51. The van der Waals surface area contributed by atoms with Crippen LogP contribution in [0.5, 0.6) is 0 Å². The van der Waals surface area contributed by atoms with Crippen LogP contribution < -0.4 is 5.32 Å². The molecule has 0 saturated heterocycles. The van der Waals surface area contributed by atoms with Crippen LogP contribution >= 0.6 is 11.6 Å². The Kier molecular flexibility index (Phi) is 3.80. The van der Waals surface area contributed by atoms with Crippen molar-refractivity contribution in [2.24, 2.45) is 5.92 Å². The molecular formula is C20H19ClN2O2. The van der Waals surface area contributed by atoms with E-state index in [1.165, 1.54) is 16.7 Å². The van der Waals surface area contributed by atoms with Gasteiger partial charge in [-0.15, -0.1) is 0 Å². The summed E-state index contributed by atoms with van der Waals surface area (Å²) >= 11 is 5.99. The lowest BCUT2D eigenvalue weighted by atomic mass is 9.76. The number of benzene rings is 2. The number of nitrogens with one attached hydrogen (secondary N) is 1.